The van der Waals surface area contributed by atoms with E-state index in [9.17, 15) is 9.59 Å². The molecule has 152 valence electrons. The lowest BCUT2D eigenvalue weighted by atomic mass is 9.97. The number of amides is 2. The van der Waals surface area contributed by atoms with Crippen LogP contribution in [-0.2, 0) is 17.8 Å². The average molecular weight is 392 g/mol. The highest BCUT2D eigenvalue weighted by molar-refractivity contribution is 5.97. The Morgan fingerprint density at radius 2 is 1.83 bits per heavy atom. The van der Waals surface area contributed by atoms with Crippen molar-refractivity contribution in [2.24, 2.45) is 0 Å². The predicted octanol–water partition coefficient (Wildman–Crippen LogP) is 3.58. The fraction of sp³-hybridized carbons (Fsp3) is 0.417. The van der Waals surface area contributed by atoms with Gasteiger partial charge in [0.15, 0.2) is 6.61 Å². The molecule has 0 N–H and O–H groups in total. The number of hydrogen-bond donors (Lipinski definition) is 0. The monoisotopic (exact) mass is 392 g/mol. The van der Waals surface area contributed by atoms with E-state index in [2.05, 4.69) is 25.1 Å². The van der Waals surface area contributed by atoms with Gasteiger partial charge in [0.2, 0.25) is 0 Å². The number of piperidine rings is 1. The smallest absolute Gasteiger partial charge is 0.260 e. The molecule has 2 aromatic rings. The Balaban J connectivity index is 1.44. The highest BCUT2D eigenvalue weighted by Crippen LogP contribution is 2.29. The van der Waals surface area contributed by atoms with Crippen LogP contribution in [-0.4, -0.2) is 47.9 Å². The van der Waals surface area contributed by atoms with Crippen molar-refractivity contribution in [3.05, 3.63) is 64.7 Å². The van der Waals surface area contributed by atoms with Gasteiger partial charge >= 0.3 is 0 Å². The quantitative estimate of drug-likeness (QED) is 0.781. The molecule has 0 saturated carbocycles. The lowest BCUT2D eigenvalue weighted by Gasteiger charge is -2.30. The first kappa shape index (κ1) is 19.5. The maximum absolute atomic E-state index is 13.0. The Kier molecular flexibility index (Phi) is 5.84. The molecule has 0 bridgehead atoms. The molecule has 0 aromatic heterocycles. The fourth-order valence-electron chi connectivity index (χ4n) is 4.23. The van der Waals surface area contributed by atoms with Crippen LogP contribution in [0.25, 0.3) is 0 Å². The van der Waals surface area contributed by atoms with Crippen LogP contribution in [0.15, 0.2) is 42.5 Å². The van der Waals surface area contributed by atoms with Crippen molar-refractivity contribution in [3.63, 3.8) is 0 Å². The van der Waals surface area contributed by atoms with Gasteiger partial charge in [-0.1, -0.05) is 35.9 Å². The van der Waals surface area contributed by atoms with E-state index in [1.807, 2.05) is 34.1 Å². The number of ether oxygens (including phenoxy) is 1. The summed E-state index contributed by atoms with van der Waals surface area (Å²) in [5, 5.41) is 0. The van der Waals surface area contributed by atoms with Crippen molar-refractivity contribution in [2.75, 3.05) is 26.2 Å². The molecule has 0 spiro atoms. The molecule has 0 aliphatic carbocycles. The molecule has 2 amide bonds. The van der Waals surface area contributed by atoms with Gasteiger partial charge < -0.3 is 14.5 Å². The number of hydrogen-bond acceptors (Lipinski definition) is 3. The van der Waals surface area contributed by atoms with Crippen molar-refractivity contribution >= 4 is 11.8 Å². The molecule has 2 aromatic carbocycles. The van der Waals surface area contributed by atoms with Crippen LogP contribution in [0.2, 0.25) is 0 Å². The van der Waals surface area contributed by atoms with E-state index >= 15 is 0 Å². The molecule has 2 aliphatic heterocycles. The van der Waals surface area contributed by atoms with Crippen molar-refractivity contribution < 1.29 is 14.3 Å². The minimum atomic E-state index is 0.0283. The molecule has 0 atom stereocenters. The van der Waals surface area contributed by atoms with Crippen LogP contribution in [0.5, 0.6) is 5.75 Å². The molecule has 1 fully saturated rings. The molecule has 0 radical (unpaired) electrons. The van der Waals surface area contributed by atoms with E-state index in [1.54, 1.807) is 0 Å². The number of carbonyl (C=O) groups is 2. The fourth-order valence-corrected chi connectivity index (χ4v) is 4.23. The molecule has 2 aliphatic rings. The summed E-state index contributed by atoms with van der Waals surface area (Å²) in [5.74, 6) is 0.725. The van der Waals surface area contributed by atoms with Crippen LogP contribution in [0.4, 0.5) is 0 Å². The molecular formula is C24H28N2O3. The van der Waals surface area contributed by atoms with Gasteiger partial charge in [-0.05, 0) is 50.3 Å². The number of likely N-dealkylation sites (tertiary alicyclic amines) is 1. The van der Waals surface area contributed by atoms with Gasteiger partial charge in [0, 0.05) is 37.3 Å². The van der Waals surface area contributed by atoms with Gasteiger partial charge in [0.1, 0.15) is 5.75 Å². The Labute approximate surface area is 172 Å². The third-order valence-electron chi connectivity index (χ3n) is 5.80. The van der Waals surface area contributed by atoms with E-state index < -0.39 is 0 Å². The minimum Gasteiger partial charge on any atom is -0.483 e. The largest absolute Gasteiger partial charge is 0.483 e. The van der Waals surface area contributed by atoms with E-state index in [4.69, 9.17) is 4.74 Å². The number of carbonyl (C=O) groups excluding carboxylic acids is 2. The van der Waals surface area contributed by atoms with Gasteiger partial charge in [0.05, 0.1) is 0 Å². The highest BCUT2D eigenvalue weighted by atomic mass is 16.5. The summed E-state index contributed by atoms with van der Waals surface area (Å²) in [4.78, 5) is 29.2. The molecule has 4 rings (SSSR count). The normalized spacial score (nSPS) is 16.5. The van der Waals surface area contributed by atoms with E-state index in [-0.39, 0.29) is 18.4 Å². The zero-order valence-corrected chi connectivity index (χ0v) is 17.0. The number of nitrogens with zero attached hydrogens (tertiary/aromatic N) is 2. The number of fused-ring (bicyclic) bond motifs is 1. The van der Waals surface area contributed by atoms with Crippen LogP contribution >= 0.6 is 0 Å². The maximum Gasteiger partial charge on any atom is 0.260 e. The number of rotatable bonds is 5. The zero-order chi connectivity index (χ0) is 20.2. The third-order valence-corrected chi connectivity index (χ3v) is 5.80. The van der Waals surface area contributed by atoms with Gasteiger partial charge in [-0.25, -0.2) is 0 Å². The molecule has 1 saturated heterocycles. The SMILES string of the molecule is Cc1cccc(CN2CCc3c(OCC(=O)N4CCCCC4)cccc3C2=O)c1. The van der Waals surface area contributed by atoms with Gasteiger partial charge in [-0.15, -0.1) is 0 Å². The second-order valence-electron chi connectivity index (χ2n) is 7.98. The van der Waals surface area contributed by atoms with Crippen molar-refractivity contribution in [1.82, 2.24) is 9.80 Å². The van der Waals surface area contributed by atoms with Gasteiger partial charge in [-0.3, -0.25) is 9.59 Å². The van der Waals surface area contributed by atoms with Gasteiger partial charge in [-0.2, -0.15) is 0 Å². The predicted molar refractivity (Wildman–Crippen MR) is 112 cm³/mol. The third kappa shape index (κ3) is 4.44. The molecule has 29 heavy (non-hydrogen) atoms. The number of benzene rings is 2. The Bertz CT molecular complexity index is 903. The summed E-state index contributed by atoms with van der Waals surface area (Å²) in [7, 11) is 0. The first-order chi connectivity index (χ1) is 14.1. The summed E-state index contributed by atoms with van der Waals surface area (Å²) in [6, 6.07) is 13.8. The lowest BCUT2D eigenvalue weighted by Crippen LogP contribution is -2.39. The lowest BCUT2D eigenvalue weighted by molar-refractivity contribution is -0.134. The zero-order valence-electron chi connectivity index (χ0n) is 17.0. The van der Waals surface area contributed by atoms with E-state index in [0.29, 0.717) is 24.4 Å². The molecular weight excluding hydrogens is 364 g/mol. The first-order valence-corrected chi connectivity index (χ1v) is 10.5. The summed E-state index contributed by atoms with van der Waals surface area (Å²) in [5.41, 5.74) is 3.94. The Morgan fingerprint density at radius 1 is 1.03 bits per heavy atom. The number of aryl methyl sites for hydroxylation is 1. The standard InChI is InChI=1S/C24H28N2O3/c1-18-7-5-8-19(15-18)16-26-14-11-20-21(24(26)28)9-6-10-22(20)29-17-23(27)25-12-3-2-4-13-25/h5-10,15H,2-4,11-14,16-17H2,1H3. The van der Waals surface area contributed by atoms with Crippen LogP contribution in [0.3, 0.4) is 0 Å². The summed E-state index contributed by atoms with van der Waals surface area (Å²) < 4.78 is 5.88. The maximum atomic E-state index is 13.0. The average Bonchev–Trinajstić information content (AvgIpc) is 2.75. The van der Waals surface area contributed by atoms with Crippen LogP contribution < -0.4 is 4.74 Å². The molecule has 2 heterocycles. The van der Waals surface area contributed by atoms with Crippen LogP contribution in [0, 0.1) is 6.92 Å². The molecule has 0 unspecified atom stereocenters. The molecule has 5 nitrogen and oxygen atoms in total. The summed E-state index contributed by atoms with van der Waals surface area (Å²) in [6.45, 7) is 5.00. The van der Waals surface area contributed by atoms with E-state index in [1.165, 1.54) is 12.0 Å². The van der Waals surface area contributed by atoms with Crippen LogP contribution in [0.1, 0.15) is 46.3 Å². The Morgan fingerprint density at radius 3 is 2.62 bits per heavy atom. The highest BCUT2D eigenvalue weighted by Gasteiger charge is 2.27. The van der Waals surface area contributed by atoms with Crippen molar-refractivity contribution in [2.45, 2.75) is 39.2 Å². The second kappa shape index (κ2) is 8.68. The minimum absolute atomic E-state index is 0.0283. The van der Waals surface area contributed by atoms with Crippen molar-refractivity contribution in [1.29, 1.82) is 0 Å². The summed E-state index contributed by atoms with van der Waals surface area (Å²) in [6.07, 6.45) is 4.06. The van der Waals surface area contributed by atoms with E-state index in [0.717, 1.165) is 43.5 Å². The Hall–Kier alpha value is -2.82. The first-order valence-electron chi connectivity index (χ1n) is 10.5. The second-order valence-corrected chi connectivity index (χ2v) is 7.98. The molecule has 5 heteroatoms. The van der Waals surface area contributed by atoms with Gasteiger partial charge in [0.25, 0.3) is 11.8 Å². The topological polar surface area (TPSA) is 49.9 Å². The van der Waals surface area contributed by atoms with Crippen molar-refractivity contribution in [3.8, 4) is 5.75 Å². The summed E-state index contributed by atoms with van der Waals surface area (Å²) >= 11 is 0.